The van der Waals surface area contributed by atoms with E-state index >= 15 is 0 Å². The van der Waals surface area contributed by atoms with Gasteiger partial charge in [0.2, 0.25) is 21.8 Å². The summed E-state index contributed by atoms with van der Waals surface area (Å²) in [5.41, 5.74) is 0.908. The summed E-state index contributed by atoms with van der Waals surface area (Å²) in [5, 5.41) is 2.81. The Hall–Kier alpha value is -3.14. The van der Waals surface area contributed by atoms with Crippen molar-refractivity contribution in [1.29, 1.82) is 0 Å². The zero-order chi connectivity index (χ0) is 26.0. The van der Waals surface area contributed by atoms with E-state index in [0.29, 0.717) is 30.2 Å². The van der Waals surface area contributed by atoms with Gasteiger partial charge < -0.3 is 15.0 Å². The second kappa shape index (κ2) is 13.1. The number of hydrogen-bond acceptors (Lipinski definition) is 5. The summed E-state index contributed by atoms with van der Waals surface area (Å²) >= 11 is 0. The predicted octanol–water partition coefficient (Wildman–Crippen LogP) is 3.32. The number of rotatable bonds is 13. The highest BCUT2D eigenvalue weighted by Crippen LogP contribution is 2.22. The van der Waals surface area contributed by atoms with Crippen LogP contribution in [0.15, 0.2) is 48.5 Å². The van der Waals surface area contributed by atoms with Crippen LogP contribution in [0, 0.1) is 5.82 Å². The first-order valence-electron chi connectivity index (χ1n) is 11.6. The van der Waals surface area contributed by atoms with E-state index in [1.807, 2.05) is 13.8 Å². The van der Waals surface area contributed by atoms with Gasteiger partial charge in [0.25, 0.3) is 0 Å². The molecule has 0 aromatic heterocycles. The van der Waals surface area contributed by atoms with Crippen LogP contribution < -0.4 is 14.4 Å². The molecule has 0 aliphatic heterocycles. The number of anilines is 1. The van der Waals surface area contributed by atoms with E-state index in [9.17, 15) is 22.4 Å². The van der Waals surface area contributed by atoms with Crippen molar-refractivity contribution in [2.24, 2.45) is 0 Å². The van der Waals surface area contributed by atoms with Crippen LogP contribution >= 0.6 is 0 Å². The van der Waals surface area contributed by atoms with Gasteiger partial charge in [-0.3, -0.25) is 13.9 Å². The van der Waals surface area contributed by atoms with Crippen molar-refractivity contribution >= 4 is 27.5 Å². The van der Waals surface area contributed by atoms with Gasteiger partial charge in [0.15, 0.2) is 0 Å². The highest BCUT2D eigenvalue weighted by molar-refractivity contribution is 7.92. The first-order chi connectivity index (χ1) is 16.6. The van der Waals surface area contributed by atoms with Crippen LogP contribution in [0.3, 0.4) is 0 Å². The van der Waals surface area contributed by atoms with E-state index in [2.05, 4.69) is 5.32 Å². The number of carbonyl (C=O) groups excluding carboxylic acids is 2. The Morgan fingerprint density at radius 1 is 1.06 bits per heavy atom. The third-order valence-corrected chi connectivity index (χ3v) is 6.52. The highest BCUT2D eigenvalue weighted by atomic mass is 32.2. The normalized spacial score (nSPS) is 12.0. The number of nitrogens with one attached hydrogen (secondary N) is 1. The molecule has 35 heavy (non-hydrogen) atoms. The van der Waals surface area contributed by atoms with Gasteiger partial charge in [0, 0.05) is 13.1 Å². The monoisotopic (exact) mass is 507 g/mol. The Kier molecular flexibility index (Phi) is 10.5. The molecule has 0 bridgehead atoms. The van der Waals surface area contributed by atoms with E-state index < -0.39 is 34.3 Å². The lowest BCUT2D eigenvalue weighted by atomic mass is 10.1. The molecule has 0 spiro atoms. The Balaban J connectivity index is 2.32. The van der Waals surface area contributed by atoms with Crippen LogP contribution in [0.1, 0.15) is 39.2 Å². The molecule has 1 unspecified atom stereocenters. The molecule has 10 heteroatoms. The fraction of sp³-hybridized carbons (Fsp3) is 0.440. The van der Waals surface area contributed by atoms with Crippen LogP contribution in [0.5, 0.6) is 5.75 Å². The summed E-state index contributed by atoms with van der Waals surface area (Å²) in [5.74, 6) is -0.755. The number of unbranched alkanes of at least 4 members (excludes halogenated alkanes) is 1. The lowest BCUT2D eigenvalue weighted by molar-refractivity contribution is -0.139. The molecule has 0 aliphatic rings. The number of amides is 2. The molecule has 8 nitrogen and oxygen atoms in total. The van der Waals surface area contributed by atoms with Gasteiger partial charge in [-0.25, -0.2) is 12.8 Å². The summed E-state index contributed by atoms with van der Waals surface area (Å²) in [7, 11) is -3.82. The molecule has 2 rings (SSSR count). The fourth-order valence-corrected chi connectivity index (χ4v) is 4.24. The second-order valence-corrected chi connectivity index (χ2v) is 10.1. The highest BCUT2D eigenvalue weighted by Gasteiger charge is 2.30. The Morgan fingerprint density at radius 3 is 2.23 bits per heavy atom. The van der Waals surface area contributed by atoms with E-state index in [1.54, 1.807) is 31.2 Å². The van der Waals surface area contributed by atoms with Crippen LogP contribution in [0.4, 0.5) is 10.1 Å². The van der Waals surface area contributed by atoms with Crippen molar-refractivity contribution in [3.63, 3.8) is 0 Å². The number of hydrogen-bond donors (Lipinski definition) is 1. The van der Waals surface area contributed by atoms with Gasteiger partial charge >= 0.3 is 0 Å². The summed E-state index contributed by atoms with van der Waals surface area (Å²) in [6.45, 7) is 5.88. The number of halogens is 1. The van der Waals surface area contributed by atoms with Crippen molar-refractivity contribution in [1.82, 2.24) is 10.2 Å². The topological polar surface area (TPSA) is 96.0 Å². The third kappa shape index (κ3) is 8.54. The lowest BCUT2D eigenvalue weighted by Crippen LogP contribution is -2.51. The average Bonchev–Trinajstić information content (AvgIpc) is 2.82. The quantitative estimate of drug-likeness (QED) is 0.420. The summed E-state index contributed by atoms with van der Waals surface area (Å²) in [4.78, 5) is 27.5. The molecule has 0 heterocycles. The van der Waals surface area contributed by atoms with E-state index in [0.717, 1.165) is 23.4 Å². The van der Waals surface area contributed by atoms with Gasteiger partial charge in [0.1, 0.15) is 24.2 Å². The first kappa shape index (κ1) is 28.1. The molecule has 0 aliphatic carbocycles. The van der Waals surface area contributed by atoms with Gasteiger partial charge in [-0.2, -0.15) is 0 Å². The molecule has 0 saturated carbocycles. The number of sulfonamides is 1. The SMILES string of the molecule is CCCCNC(=O)C(C)N(Cc1ccc(F)cc1)C(=O)CN(c1ccc(OCC)cc1)S(C)(=O)=O. The summed E-state index contributed by atoms with van der Waals surface area (Å²) in [6, 6.07) is 11.1. The van der Waals surface area contributed by atoms with Crippen LogP contribution in [0.25, 0.3) is 0 Å². The summed E-state index contributed by atoms with van der Waals surface area (Å²) < 4.78 is 44.9. The molecule has 0 saturated heterocycles. The number of nitrogens with zero attached hydrogens (tertiary/aromatic N) is 2. The van der Waals surface area contributed by atoms with E-state index in [-0.39, 0.29) is 12.5 Å². The second-order valence-electron chi connectivity index (χ2n) is 8.17. The molecule has 2 aromatic rings. The Morgan fingerprint density at radius 2 is 1.69 bits per heavy atom. The molecule has 192 valence electrons. The predicted molar refractivity (Wildman–Crippen MR) is 134 cm³/mol. The Bertz CT molecular complexity index is 1080. The van der Waals surface area contributed by atoms with Crippen molar-refractivity contribution < 1.29 is 27.1 Å². The molecular formula is C25H34FN3O5S. The van der Waals surface area contributed by atoms with Crippen molar-refractivity contribution in [3.8, 4) is 5.75 Å². The molecule has 0 radical (unpaired) electrons. The van der Waals surface area contributed by atoms with E-state index in [4.69, 9.17) is 4.74 Å². The minimum absolute atomic E-state index is 0.0162. The maximum absolute atomic E-state index is 13.4. The maximum atomic E-state index is 13.4. The average molecular weight is 508 g/mol. The Labute approximate surface area is 207 Å². The van der Waals surface area contributed by atoms with Crippen LogP contribution in [-0.4, -0.2) is 57.1 Å². The van der Waals surface area contributed by atoms with Gasteiger partial charge in [-0.15, -0.1) is 0 Å². The molecule has 2 amide bonds. The standard InChI is InChI=1S/C25H34FN3O5S/c1-5-7-16-27-25(31)19(3)28(17-20-8-10-21(26)11-9-20)24(30)18-29(35(4,32)33)22-12-14-23(15-13-22)34-6-2/h8-15,19H,5-7,16-18H2,1-4H3,(H,27,31). The largest absolute Gasteiger partial charge is 0.494 e. The van der Waals surface area contributed by atoms with Gasteiger partial charge in [-0.1, -0.05) is 25.5 Å². The molecule has 0 fully saturated rings. The number of ether oxygens (including phenoxy) is 1. The maximum Gasteiger partial charge on any atom is 0.244 e. The fourth-order valence-electron chi connectivity index (χ4n) is 3.39. The zero-order valence-corrected chi connectivity index (χ0v) is 21.5. The molecule has 1 atom stereocenters. The minimum Gasteiger partial charge on any atom is -0.494 e. The molecular weight excluding hydrogens is 473 g/mol. The van der Waals surface area contributed by atoms with Crippen LogP contribution in [-0.2, 0) is 26.2 Å². The molecule has 2 aromatic carbocycles. The molecule has 1 N–H and O–H groups in total. The van der Waals surface area contributed by atoms with Crippen molar-refractivity contribution in [3.05, 3.63) is 59.9 Å². The van der Waals surface area contributed by atoms with Crippen LogP contribution in [0.2, 0.25) is 0 Å². The first-order valence-corrected chi connectivity index (χ1v) is 13.4. The zero-order valence-electron chi connectivity index (χ0n) is 20.7. The smallest absolute Gasteiger partial charge is 0.244 e. The number of carbonyl (C=O) groups is 2. The van der Waals surface area contributed by atoms with Crippen molar-refractivity contribution in [2.75, 3.05) is 30.3 Å². The minimum atomic E-state index is -3.82. The number of benzene rings is 2. The lowest BCUT2D eigenvalue weighted by Gasteiger charge is -2.31. The van der Waals surface area contributed by atoms with Crippen molar-refractivity contribution in [2.45, 2.75) is 46.2 Å². The van der Waals surface area contributed by atoms with Gasteiger partial charge in [0.05, 0.1) is 18.6 Å². The summed E-state index contributed by atoms with van der Waals surface area (Å²) in [6.07, 6.45) is 2.71. The van der Waals surface area contributed by atoms with E-state index in [1.165, 1.54) is 29.2 Å². The third-order valence-electron chi connectivity index (χ3n) is 5.38. The van der Waals surface area contributed by atoms with Gasteiger partial charge in [-0.05, 0) is 62.2 Å².